The highest BCUT2D eigenvalue weighted by atomic mass is 16.5. The molecule has 0 radical (unpaired) electrons. The number of hydrogen-bond acceptors (Lipinski definition) is 2. The number of allylic oxidation sites excluding steroid dienone is 6. The van der Waals surface area contributed by atoms with Crippen molar-refractivity contribution < 1.29 is 9.53 Å². The molecule has 23 heavy (non-hydrogen) atoms. The maximum Gasteiger partial charge on any atom is 0.305 e. The molecule has 0 fully saturated rings. The molecule has 0 amide bonds. The zero-order valence-corrected chi connectivity index (χ0v) is 15.3. The fraction of sp³-hybridized carbons (Fsp3) is 0.667. The summed E-state index contributed by atoms with van der Waals surface area (Å²) in [6, 6.07) is 0. The van der Waals surface area contributed by atoms with Crippen LogP contribution in [0.3, 0.4) is 0 Å². The highest BCUT2D eigenvalue weighted by Crippen LogP contribution is 2.08. The van der Waals surface area contributed by atoms with E-state index in [1.54, 1.807) is 0 Å². The van der Waals surface area contributed by atoms with E-state index < -0.39 is 0 Å². The van der Waals surface area contributed by atoms with Crippen molar-refractivity contribution in [1.29, 1.82) is 0 Å². The summed E-state index contributed by atoms with van der Waals surface area (Å²) < 4.78 is 5.05. The summed E-state index contributed by atoms with van der Waals surface area (Å²) in [5, 5.41) is 0. The smallest absolute Gasteiger partial charge is 0.305 e. The van der Waals surface area contributed by atoms with E-state index >= 15 is 0 Å². The van der Waals surface area contributed by atoms with Crippen LogP contribution in [0.5, 0.6) is 0 Å². The van der Waals surface area contributed by atoms with Gasteiger partial charge in [0, 0.05) is 6.42 Å². The maximum atomic E-state index is 11.3. The minimum absolute atomic E-state index is 0.0367. The van der Waals surface area contributed by atoms with Crippen LogP contribution >= 0.6 is 0 Å². The molecule has 0 N–H and O–H groups in total. The number of ether oxygens (including phenoxy) is 1. The zero-order valence-electron chi connectivity index (χ0n) is 15.3. The molecule has 0 saturated carbocycles. The minimum atomic E-state index is -0.0367. The molecule has 0 bridgehead atoms. The van der Waals surface area contributed by atoms with Gasteiger partial charge in [-0.2, -0.15) is 0 Å². The number of hydrogen-bond donors (Lipinski definition) is 0. The van der Waals surface area contributed by atoms with Crippen LogP contribution in [0.25, 0.3) is 0 Å². The molecule has 0 aliphatic rings. The van der Waals surface area contributed by atoms with E-state index in [-0.39, 0.29) is 5.97 Å². The van der Waals surface area contributed by atoms with Crippen molar-refractivity contribution in [2.24, 2.45) is 0 Å². The summed E-state index contributed by atoms with van der Waals surface area (Å²) in [6.45, 7) is 4.80. The Labute approximate surface area is 143 Å². The third-order valence-corrected chi connectivity index (χ3v) is 3.55. The fourth-order valence-electron chi connectivity index (χ4n) is 2.15. The van der Waals surface area contributed by atoms with Crippen LogP contribution in [-0.4, -0.2) is 12.6 Å². The minimum Gasteiger partial charge on any atom is -0.466 e. The molecule has 0 heterocycles. The van der Waals surface area contributed by atoms with Crippen LogP contribution in [0.15, 0.2) is 36.5 Å². The second-order valence-electron chi connectivity index (χ2n) is 5.91. The van der Waals surface area contributed by atoms with Gasteiger partial charge < -0.3 is 4.74 Å². The molecule has 0 aromatic carbocycles. The summed E-state index contributed by atoms with van der Waals surface area (Å²) in [6.07, 6.45) is 25.1. The quantitative estimate of drug-likeness (QED) is 0.195. The van der Waals surface area contributed by atoms with Gasteiger partial charge in [-0.05, 0) is 32.1 Å². The Bertz CT molecular complexity index is 340. The molecule has 2 heteroatoms. The predicted octanol–water partition coefficient (Wildman–Crippen LogP) is 6.53. The van der Waals surface area contributed by atoms with Gasteiger partial charge in [-0.3, -0.25) is 4.79 Å². The van der Waals surface area contributed by atoms with Gasteiger partial charge >= 0.3 is 5.97 Å². The molecule has 2 nitrogen and oxygen atoms in total. The first-order valence-corrected chi connectivity index (χ1v) is 9.45. The molecule has 0 aliphatic carbocycles. The second-order valence-corrected chi connectivity index (χ2v) is 5.91. The first kappa shape index (κ1) is 21.7. The van der Waals surface area contributed by atoms with Crippen molar-refractivity contribution in [2.45, 2.75) is 84.5 Å². The van der Waals surface area contributed by atoms with E-state index in [2.05, 4.69) is 43.4 Å². The van der Waals surface area contributed by atoms with Gasteiger partial charge in [0.1, 0.15) is 0 Å². The topological polar surface area (TPSA) is 26.3 Å². The molecule has 0 saturated heterocycles. The van der Waals surface area contributed by atoms with Crippen LogP contribution in [0.2, 0.25) is 0 Å². The Morgan fingerprint density at radius 3 is 2.00 bits per heavy atom. The molecule has 0 aliphatic heterocycles. The van der Waals surface area contributed by atoms with Crippen molar-refractivity contribution in [2.75, 3.05) is 6.61 Å². The number of rotatable bonds is 15. The summed E-state index contributed by atoms with van der Waals surface area (Å²) in [7, 11) is 0. The molecular weight excluding hydrogens is 284 g/mol. The molecular formula is C21H36O2. The Morgan fingerprint density at radius 1 is 0.739 bits per heavy atom. The average Bonchev–Trinajstić information content (AvgIpc) is 2.56. The molecule has 0 spiro atoms. The summed E-state index contributed by atoms with van der Waals surface area (Å²) in [5.74, 6) is -0.0367. The van der Waals surface area contributed by atoms with Gasteiger partial charge in [0.15, 0.2) is 0 Å². The maximum absolute atomic E-state index is 11.3. The lowest BCUT2D eigenvalue weighted by Gasteiger charge is -2.02. The lowest BCUT2D eigenvalue weighted by atomic mass is 10.1. The SMILES string of the molecule is CCCC\C=C/C=C/C=C\CCCCCCCC(=O)OCCC. The third kappa shape index (κ3) is 18.6. The van der Waals surface area contributed by atoms with Crippen molar-refractivity contribution in [3.63, 3.8) is 0 Å². The number of carbonyl (C=O) groups excluding carboxylic acids is 1. The van der Waals surface area contributed by atoms with Gasteiger partial charge in [-0.25, -0.2) is 0 Å². The van der Waals surface area contributed by atoms with Crippen LogP contribution in [-0.2, 0) is 9.53 Å². The first-order chi connectivity index (χ1) is 11.3. The summed E-state index contributed by atoms with van der Waals surface area (Å²) in [4.78, 5) is 11.3. The van der Waals surface area contributed by atoms with Crippen LogP contribution in [0, 0.1) is 0 Å². The highest BCUT2D eigenvalue weighted by Gasteiger charge is 2.00. The van der Waals surface area contributed by atoms with Crippen molar-refractivity contribution in [3.8, 4) is 0 Å². The number of carbonyl (C=O) groups is 1. The summed E-state index contributed by atoms with van der Waals surface area (Å²) >= 11 is 0. The van der Waals surface area contributed by atoms with Crippen molar-refractivity contribution >= 4 is 5.97 Å². The molecule has 0 aromatic heterocycles. The van der Waals surface area contributed by atoms with E-state index in [0.717, 1.165) is 25.7 Å². The predicted molar refractivity (Wildman–Crippen MR) is 101 cm³/mol. The fourth-order valence-corrected chi connectivity index (χ4v) is 2.15. The van der Waals surface area contributed by atoms with Crippen LogP contribution in [0.4, 0.5) is 0 Å². The molecule has 132 valence electrons. The van der Waals surface area contributed by atoms with Gasteiger partial charge in [0.2, 0.25) is 0 Å². The van der Waals surface area contributed by atoms with Crippen molar-refractivity contribution in [3.05, 3.63) is 36.5 Å². The van der Waals surface area contributed by atoms with Gasteiger partial charge in [-0.1, -0.05) is 82.4 Å². The highest BCUT2D eigenvalue weighted by molar-refractivity contribution is 5.69. The molecule has 0 aromatic rings. The zero-order chi connectivity index (χ0) is 17.0. The second kappa shape index (κ2) is 18.7. The van der Waals surface area contributed by atoms with Crippen LogP contribution in [0.1, 0.15) is 84.5 Å². The Balaban J connectivity index is 3.32. The van der Waals surface area contributed by atoms with Gasteiger partial charge in [-0.15, -0.1) is 0 Å². The summed E-state index contributed by atoms with van der Waals surface area (Å²) in [5.41, 5.74) is 0. The number of esters is 1. The van der Waals surface area contributed by atoms with E-state index in [1.165, 1.54) is 38.5 Å². The van der Waals surface area contributed by atoms with Gasteiger partial charge in [0.05, 0.1) is 6.61 Å². The number of unbranched alkanes of at least 4 members (excludes halogenated alkanes) is 7. The standard InChI is InChI=1S/C21H36O2/c1-3-5-6-7-8-9-10-11-12-13-14-15-16-17-18-19-21(22)23-20-4-2/h7-12H,3-6,13-20H2,1-2H3/b8-7-,10-9+,12-11-. The normalized spacial score (nSPS) is 11.9. The lowest BCUT2D eigenvalue weighted by molar-refractivity contribution is -0.143. The largest absolute Gasteiger partial charge is 0.466 e. The Hall–Kier alpha value is -1.31. The average molecular weight is 321 g/mol. The monoisotopic (exact) mass is 320 g/mol. The molecule has 0 atom stereocenters. The molecule has 0 unspecified atom stereocenters. The first-order valence-electron chi connectivity index (χ1n) is 9.45. The van der Waals surface area contributed by atoms with Gasteiger partial charge in [0.25, 0.3) is 0 Å². The van der Waals surface area contributed by atoms with E-state index in [9.17, 15) is 4.79 Å². The third-order valence-electron chi connectivity index (χ3n) is 3.55. The Kier molecular flexibility index (Phi) is 17.7. The van der Waals surface area contributed by atoms with E-state index in [0.29, 0.717) is 13.0 Å². The lowest BCUT2D eigenvalue weighted by Crippen LogP contribution is -2.04. The van der Waals surface area contributed by atoms with E-state index in [1.807, 2.05) is 6.92 Å². The van der Waals surface area contributed by atoms with Crippen LogP contribution < -0.4 is 0 Å². The van der Waals surface area contributed by atoms with Crippen molar-refractivity contribution in [1.82, 2.24) is 0 Å². The van der Waals surface area contributed by atoms with E-state index in [4.69, 9.17) is 4.74 Å². The molecule has 0 rings (SSSR count). The Morgan fingerprint density at radius 2 is 1.35 bits per heavy atom.